The van der Waals surface area contributed by atoms with E-state index < -0.39 is 7.49 Å². The lowest BCUT2D eigenvalue weighted by atomic mass is 10.0. The highest BCUT2D eigenvalue weighted by molar-refractivity contribution is 7.85. The molecule has 152 valence electrons. The van der Waals surface area contributed by atoms with E-state index in [2.05, 4.69) is 67.6 Å². The summed E-state index contributed by atoms with van der Waals surface area (Å²) in [5.41, 5.74) is 0. The molecule has 0 amide bonds. The van der Waals surface area contributed by atoms with E-state index in [0.29, 0.717) is 5.75 Å². The number of fused-ring (bicyclic) bond motifs is 3. The zero-order chi connectivity index (χ0) is 21.3. The SMILES string of the molecule is CC[P+](Oc1c(O)c2ccccc2c2ccccc12)(c1ccccc1)c1ccccc1. The van der Waals surface area contributed by atoms with Crippen molar-refractivity contribution in [2.24, 2.45) is 0 Å². The van der Waals surface area contributed by atoms with Crippen LogP contribution < -0.4 is 15.1 Å². The molecule has 0 radical (unpaired) electrons. The van der Waals surface area contributed by atoms with Crippen LogP contribution in [0.25, 0.3) is 21.5 Å². The molecular weight excluding hydrogens is 399 g/mol. The maximum atomic E-state index is 11.4. The van der Waals surface area contributed by atoms with Gasteiger partial charge in [-0.05, 0) is 42.0 Å². The predicted molar refractivity (Wildman–Crippen MR) is 133 cm³/mol. The van der Waals surface area contributed by atoms with Gasteiger partial charge in [-0.15, -0.1) is 0 Å². The number of hydrogen-bond donors (Lipinski definition) is 1. The van der Waals surface area contributed by atoms with Crippen molar-refractivity contribution in [1.29, 1.82) is 0 Å². The molecule has 0 aromatic heterocycles. The molecule has 5 aromatic carbocycles. The van der Waals surface area contributed by atoms with Gasteiger partial charge in [0.15, 0.2) is 5.75 Å². The van der Waals surface area contributed by atoms with Gasteiger partial charge in [-0.2, -0.15) is 0 Å². The third-order valence-electron chi connectivity index (χ3n) is 5.90. The fourth-order valence-electron chi connectivity index (χ4n) is 4.36. The lowest BCUT2D eigenvalue weighted by molar-refractivity contribution is 0.454. The van der Waals surface area contributed by atoms with E-state index in [1.54, 1.807) is 0 Å². The third-order valence-corrected chi connectivity index (χ3v) is 9.55. The molecule has 31 heavy (non-hydrogen) atoms. The Balaban J connectivity index is 1.82. The van der Waals surface area contributed by atoms with Crippen LogP contribution in [0.5, 0.6) is 11.5 Å². The van der Waals surface area contributed by atoms with E-state index in [4.69, 9.17) is 4.52 Å². The average molecular weight is 423 g/mol. The first-order chi connectivity index (χ1) is 15.2. The summed E-state index contributed by atoms with van der Waals surface area (Å²) in [5, 5.41) is 17.6. The van der Waals surface area contributed by atoms with Crippen LogP contribution in [0.3, 0.4) is 0 Å². The van der Waals surface area contributed by atoms with Crippen molar-refractivity contribution >= 4 is 39.6 Å². The fraction of sp³-hybridized carbons (Fsp3) is 0.0714. The second-order valence-electron chi connectivity index (χ2n) is 7.59. The number of phenols is 1. The molecule has 0 heterocycles. The minimum Gasteiger partial charge on any atom is -0.504 e. The molecule has 0 saturated carbocycles. The van der Waals surface area contributed by atoms with Gasteiger partial charge in [0.2, 0.25) is 5.75 Å². The first kappa shape index (κ1) is 19.6. The smallest absolute Gasteiger partial charge is 0.255 e. The molecule has 0 fully saturated rings. The molecule has 0 bridgehead atoms. The van der Waals surface area contributed by atoms with Crippen LogP contribution in [0.2, 0.25) is 0 Å². The second kappa shape index (κ2) is 8.06. The minimum absolute atomic E-state index is 0.207. The molecule has 1 N–H and O–H groups in total. The first-order valence-electron chi connectivity index (χ1n) is 10.6. The van der Waals surface area contributed by atoms with E-state index >= 15 is 0 Å². The molecule has 2 nitrogen and oxygen atoms in total. The van der Waals surface area contributed by atoms with Crippen molar-refractivity contribution in [2.45, 2.75) is 6.92 Å². The van der Waals surface area contributed by atoms with E-state index in [9.17, 15) is 5.11 Å². The summed E-state index contributed by atoms with van der Waals surface area (Å²) in [6.07, 6.45) is 0.821. The molecule has 0 aliphatic rings. The molecule has 0 spiro atoms. The largest absolute Gasteiger partial charge is 0.504 e. The van der Waals surface area contributed by atoms with E-state index in [1.807, 2.05) is 48.5 Å². The number of rotatable bonds is 5. The highest BCUT2D eigenvalue weighted by atomic mass is 31.2. The maximum absolute atomic E-state index is 11.4. The molecule has 5 rings (SSSR count). The quantitative estimate of drug-likeness (QED) is 0.252. The number of aromatic hydroxyl groups is 1. The zero-order valence-corrected chi connectivity index (χ0v) is 18.3. The Hall–Kier alpha value is -3.35. The molecule has 0 atom stereocenters. The van der Waals surface area contributed by atoms with Gasteiger partial charge in [-0.25, -0.2) is 0 Å². The second-order valence-corrected chi connectivity index (χ2v) is 10.9. The highest BCUT2D eigenvalue weighted by Crippen LogP contribution is 2.60. The molecule has 0 saturated heterocycles. The van der Waals surface area contributed by atoms with Gasteiger partial charge < -0.3 is 9.63 Å². The Labute approximate surface area is 183 Å². The van der Waals surface area contributed by atoms with Crippen LogP contribution in [-0.4, -0.2) is 11.3 Å². The first-order valence-corrected chi connectivity index (χ1v) is 12.4. The van der Waals surface area contributed by atoms with Crippen LogP contribution in [-0.2, 0) is 0 Å². The minimum atomic E-state index is -2.27. The Kier molecular flexibility index (Phi) is 5.10. The zero-order valence-electron chi connectivity index (χ0n) is 17.4. The Morgan fingerprint density at radius 3 is 1.52 bits per heavy atom. The standard InChI is InChI=1S/C28H23O2P/c1-2-31(21-13-5-3-6-14-21,22-15-7-4-8-16-22)30-28-26-20-12-10-18-24(26)23-17-9-11-19-25(23)27(28)29/h3-20H,2H2,1H3/p+1. The Morgan fingerprint density at radius 1 is 0.581 bits per heavy atom. The summed E-state index contributed by atoms with van der Waals surface area (Å²) in [4.78, 5) is 0. The molecule has 5 aromatic rings. The van der Waals surface area contributed by atoms with Gasteiger partial charge in [0, 0.05) is 10.8 Å². The van der Waals surface area contributed by atoms with Crippen LogP contribution in [0.1, 0.15) is 6.92 Å². The number of phenolic OH excluding ortho intramolecular Hbond substituents is 1. The lowest BCUT2D eigenvalue weighted by Gasteiger charge is -2.26. The summed E-state index contributed by atoms with van der Waals surface area (Å²) < 4.78 is 7.04. The highest BCUT2D eigenvalue weighted by Gasteiger charge is 2.46. The van der Waals surface area contributed by atoms with Crippen LogP contribution in [0, 0.1) is 0 Å². The van der Waals surface area contributed by atoms with Gasteiger partial charge in [0.25, 0.3) is 7.49 Å². The van der Waals surface area contributed by atoms with Gasteiger partial charge >= 0.3 is 0 Å². The Bertz CT molecular complexity index is 1310. The molecule has 0 aliphatic heterocycles. The monoisotopic (exact) mass is 423 g/mol. The van der Waals surface area contributed by atoms with Crippen LogP contribution in [0.15, 0.2) is 109 Å². The normalized spacial score (nSPS) is 11.6. The van der Waals surface area contributed by atoms with E-state index in [-0.39, 0.29) is 5.75 Å². The number of hydrogen-bond acceptors (Lipinski definition) is 2. The predicted octanol–water partition coefficient (Wildman–Crippen LogP) is 6.68. The third kappa shape index (κ3) is 3.24. The molecule has 0 unspecified atom stereocenters. The molecule has 0 aliphatic carbocycles. The lowest BCUT2D eigenvalue weighted by Crippen LogP contribution is -2.28. The number of benzene rings is 5. The average Bonchev–Trinajstić information content (AvgIpc) is 2.86. The summed E-state index contributed by atoms with van der Waals surface area (Å²) >= 11 is 0. The van der Waals surface area contributed by atoms with Crippen molar-refractivity contribution in [1.82, 2.24) is 0 Å². The van der Waals surface area contributed by atoms with Crippen molar-refractivity contribution in [3.8, 4) is 11.5 Å². The van der Waals surface area contributed by atoms with Crippen molar-refractivity contribution in [2.75, 3.05) is 6.16 Å². The van der Waals surface area contributed by atoms with Crippen molar-refractivity contribution in [3.05, 3.63) is 109 Å². The maximum Gasteiger partial charge on any atom is 0.255 e. The van der Waals surface area contributed by atoms with Crippen molar-refractivity contribution < 1.29 is 9.63 Å². The Morgan fingerprint density at radius 2 is 1.00 bits per heavy atom. The summed E-state index contributed by atoms with van der Waals surface area (Å²) in [5.74, 6) is 0.774. The summed E-state index contributed by atoms with van der Waals surface area (Å²) in [6.45, 7) is 2.17. The van der Waals surface area contributed by atoms with Gasteiger partial charge in [0.05, 0.1) is 0 Å². The van der Waals surface area contributed by atoms with Gasteiger partial charge in [0.1, 0.15) is 16.8 Å². The van der Waals surface area contributed by atoms with Gasteiger partial charge in [-0.3, -0.25) is 0 Å². The van der Waals surface area contributed by atoms with Crippen molar-refractivity contribution in [3.63, 3.8) is 0 Å². The van der Waals surface area contributed by atoms with Crippen LogP contribution in [0.4, 0.5) is 0 Å². The fourth-order valence-corrected chi connectivity index (χ4v) is 7.53. The molecule has 3 heteroatoms. The van der Waals surface area contributed by atoms with Crippen LogP contribution >= 0.6 is 7.49 Å². The summed E-state index contributed by atoms with van der Waals surface area (Å²) in [6, 6.07) is 37.0. The van der Waals surface area contributed by atoms with Gasteiger partial charge in [-0.1, -0.05) is 84.9 Å². The molecular formula is C28H24O2P+. The topological polar surface area (TPSA) is 29.5 Å². The van der Waals surface area contributed by atoms with E-state index in [0.717, 1.165) is 27.7 Å². The van der Waals surface area contributed by atoms with E-state index in [1.165, 1.54) is 10.6 Å². The summed E-state index contributed by atoms with van der Waals surface area (Å²) in [7, 11) is -2.27.